The lowest BCUT2D eigenvalue weighted by atomic mass is 10.2. The summed E-state index contributed by atoms with van der Waals surface area (Å²) in [5, 5.41) is 0. The molecule has 0 heterocycles. The van der Waals surface area contributed by atoms with Gasteiger partial charge in [-0.1, -0.05) is 6.07 Å². The number of thioether (sulfide) groups is 1. The zero-order valence-electron chi connectivity index (χ0n) is 8.37. The summed E-state index contributed by atoms with van der Waals surface area (Å²) in [5.74, 6) is 0.840. The van der Waals surface area contributed by atoms with Gasteiger partial charge in [0.25, 0.3) is 0 Å². The third-order valence-electron chi connectivity index (χ3n) is 1.87. The van der Waals surface area contributed by atoms with Gasteiger partial charge in [0, 0.05) is 10.9 Å². The standard InChI is InChI=1S/C11H16FNS/c1-9(13)4-3-7-14-11-6-2-5-10(12)8-11/h2,5-6,8-9H,3-4,7,13H2,1H3. The summed E-state index contributed by atoms with van der Waals surface area (Å²) in [6.07, 6.45) is 2.11. The van der Waals surface area contributed by atoms with E-state index < -0.39 is 0 Å². The lowest BCUT2D eigenvalue weighted by Crippen LogP contribution is -2.14. The van der Waals surface area contributed by atoms with Gasteiger partial charge in [-0.25, -0.2) is 4.39 Å². The number of hydrogen-bond acceptors (Lipinski definition) is 2. The summed E-state index contributed by atoms with van der Waals surface area (Å²) in [7, 11) is 0. The van der Waals surface area contributed by atoms with Crippen LogP contribution in [0.2, 0.25) is 0 Å². The molecule has 0 amide bonds. The van der Waals surface area contributed by atoms with E-state index in [-0.39, 0.29) is 11.9 Å². The van der Waals surface area contributed by atoms with Gasteiger partial charge in [0.15, 0.2) is 0 Å². The number of halogens is 1. The Balaban J connectivity index is 2.25. The Morgan fingerprint density at radius 2 is 2.29 bits per heavy atom. The third-order valence-corrected chi connectivity index (χ3v) is 2.95. The molecular weight excluding hydrogens is 197 g/mol. The normalized spacial score (nSPS) is 12.8. The van der Waals surface area contributed by atoms with Crippen molar-refractivity contribution in [2.24, 2.45) is 5.73 Å². The highest BCUT2D eigenvalue weighted by Gasteiger charge is 1.97. The van der Waals surface area contributed by atoms with Crippen LogP contribution in [0.1, 0.15) is 19.8 Å². The molecule has 0 aliphatic rings. The van der Waals surface area contributed by atoms with Crippen molar-refractivity contribution in [1.29, 1.82) is 0 Å². The first kappa shape index (κ1) is 11.5. The molecule has 1 atom stereocenters. The number of nitrogens with two attached hydrogens (primary N) is 1. The zero-order chi connectivity index (χ0) is 10.4. The maximum Gasteiger partial charge on any atom is 0.124 e. The molecule has 78 valence electrons. The highest BCUT2D eigenvalue weighted by molar-refractivity contribution is 7.99. The molecule has 0 aromatic heterocycles. The van der Waals surface area contributed by atoms with Crippen molar-refractivity contribution in [1.82, 2.24) is 0 Å². The maximum absolute atomic E-state index is 12.8. The summed E-state index contributed by atoms with van der Waals surface area (Å²) in [5.41, 5.74) is 5.63. The van der Waals surface area contributed by atoms with Crippen LogP contribution in [0.5, 0.6) is 0 Å². The fraction of sp³-hybridized carbons (Fsp3) is 0.455. The molecule has 0 radical (unpaired) electrons. The van der Waals surface area contributed by atoms with Gasteiger partial charge in [0.05, 0.1) is 0 Å². The van der Waals surface area contributed by atoms with Crippen LogP contribution in [0.25, 0.3) is 0 Å². The molecule has 3 heteroatoms. The van der Waals surface area contributed by atoms with Gasteiger partial charge in [-0.2, -0.15) is 0 Å². The van der Waals surface area contributed by atoms with Crippen LogP contribution in [0.4, 0.5) is 4.39 Å². The molecule has 1 aromatic carbocycles. The summed E-state index contributed by atoms with van der Waals surface area (Å²) >= 11 is 1.68. The molecule has 14 heavy (non-hydrogen) atoms. The minimum atomic E-state index is -0.165. The van der Waals surface area contributed by atoms with Crippen molar-refractivity contribution in [3.8, 4) is 0 Å². The number of hydrogen-bond donors (Lipinski definition) is 1. The Morgan fingerprint density at radius 3 is 2.93 bits per heavy atom. The molecule has 0 saturated carbocycles. The Bertz CT molecular complexity index is 276. The van der Waals surface area contributed by atoms with Gasteiger partial charge in [0.1, 0.15) is 5.82 Å². The van der Waals surface area contributed by atoms with Crippen molar-refractivity contribution >= 4 is 11.8 Å². The molecule has 0 fully saturated rings. The predicted molar refractivity (Wildman–Crippen MR) is 60.0 cm³/mol. The van der Waals surface area contributed by atoms with E-state index in [9.17, 15) is 4.39 Å². The van der Waals surface area contributed by atoms with Gasteiger partial charge in [-0.05, 0) is 43.7 Å². The molecular formula is C11H16FNS. The molecule has 0 aliphatic carbocycles. The fourth-order valence-electron chi connectivity index (χ4n) is 1.15. The lowest BCUT2D eigenvalue weighted by Gasteiger charge is -2.04. The van der Waals surface area contributed by atoms with E-state index >= 15 is 0 Å². The molecule has 2 N–H and O–H groups in total. The molecule has 0 spiro atoms. The van der Waals surface area contributed by atoms with E-state index in [2.05, 4.69) is 0 Å². The van der Waals surface area contributed by atoms with Gasteiger partial charge < -0.3 is 5.73 Å². The zero-order valence-corrected chi connectivity index (χ0v) is 9.19. The van der Waals surface area contributed by atoms with E-state index in [0.29, 0.717) is 0 Å². The highest BCUT2D eigenvalue weighted by Crippen LogP contribution is 2.19. The predicted octanol–water partition coefficient (Wildman–Crippen LogP) is 3.05. The van der Waals surface area contributed by atoms with E-state index in [1.165, 1.54) is 6.07 Å². The average molecular weight is 213 g/mol. The van der Waals surface area contributed by atoms with Crippen molar-refractivity contribution in [2.75, 3.05) is 5.75 Å². The van der Waals surface area contributed by atoms with Crippen LogP contribution < -0.4 is 5.73 Å². The molecule has 1 unspecified atom stereocenters. The van der Waals surface area contributed by atoms with E-state index in [1.54, 1.807) is 23.9 Å². The van der Waals surface area contributed by atoms with E-state index in [0.717, 1.165) is 23.5 Å². The number of rotatable bonds is 5. The third kappa shape index (κ3) is 4.63. The Morgan fingerprint density at radius 1 is 1.50 bits per heavy atom. The largest absolute Gasteiger partial charge is 0.328 e. The van der Waals surface area contributed by atoms with Crippen LogP contribution in [0, 0.1) is 5.82 Å². The van der Waals surface area contributed by atoms with Crippen LogP contribution in [-0.2, 0) is 0 Å². The van der Waals surface area contributed by atoms with Crippen molar-refractivity contribution < 1.29 is 4.39 Å². The molecule has 1 nitrogen and oxygen atoms in total. The summed E-state index contributed by atoms with van der Waals surface area (Å²) in [6, 6.07) is 6.97. The minimum Gasteiger partial charge on any atom is -0.328 e. The van der Waals surface area contributed by atoms with Crippen molar-refractivity contribution in [3.63, 3.8) is 0 Å². The van der Waals surface area contributed by atoms with Crippen LogP contribution in [0.3, 0.4) is 0 Å². The van der Waals surface area contributed by atoms with Crippen LogP contribution >= 0.6 is 11.8 Å². The quantitative estimate of drug-likeness (QED) is 0.601. The first-order valence-corrected chi connectivity index (χ1v) is 5.81. The second-order valence-corrected chi connectivity index (χ2v) is 4.59. The monoisotopic (exact) mass is 213 g/mol. The lowest BCUT2D eigenvalue weighted by molar-refractivity contribution is 0.624. The second kappa shape index (κ2) is 6.04. The first-order chi connectivity index (χ1) is 6.68. The van der Waals surface area contributed by atoms with Crippen LogP contribution in [0.15, 0.2) is 29.2 Å². The SMILES string of the molecule is CC(N)CCCSc1cccc(F)c1. The smallest absolute Gasteiger partial charge is 0.124 e. The van der Waals surface area contributed by atoms with Gasteiger partial charge >= 0.3 is 0 Å². The summed E-state index contributed by atoms with van der Waals surface area (Å²) in [4.78, 5) is 0.995. The van der Waals surface area contributed by atoms with Gasteiger partial charge in [-0.15, -0.1) is 11.8 Å². The molecule has 1 rings (SSSR count). The van der Waals surface area contributed by atoms with E-state index in [4.69, 9.17) is 5.73 Å². The highest BCUT2D eigenvalue weighted by atomic mass is 32.2. The molecule has 0 saturated heterocycles. The summed E-state index contributed by atoms with van der Waals surface area (Å²) < 4.78 is 12.8. The van der Waals surface area contributed by atoms with Gasteiger partial charge in [-0.3, -0.25) is 0 Å². The maximum atomic E-state index is 12.8. The average Bonchev–Trinajstić information content (AvgIpc) is 2.12. The Kier molecular flexibility index (Phi) is 4.98. The summed E-state index contributed by atoms with van der Waals surface area (Å²) in [6.45, 7) is 2.01. The van der Waals surface area contributed by atoms with Crippen molar-refractivity contribution in [3.05, 3.63) is 30.1 Å². The van der Waals surface area contributed by atoms with Crippen LogP contribution in [-0.4, -0.2) is 11.8 Å². The molecule has 0 bridgehead atoms. The fourth-order valence-corrected chi connectivity index (χ4v) is 2.07. The second-order valence-electron chi connectivity index (χ2n) is 3.43. The van der Waals surface area contributed by atoms with Crippen molar-refractivity contribution in [2.45, 2.75) is 30.7 Å². The topological polar surface area (TPSA) is 26.0 Å². The molecule has 0 aliphatic heterocycles. The minimum absolute atomic E-state index is 0.165. The Labute approximate surface area is 88.9 Å². The van der Waals surface area contributed by atoms with E-state index in [1.807, 2.05) is 13.0 Å². The van der Waals surface area contributed by atoms with Gasteiger partial charge in [0.2, 0.25) is 0 Å². The molecule has 1 aromatic rings. The Hall–Kier alpha value is -0.540. The number of benzene rings is 1. The first-order valence-electron chi connectivity index (χ1n) is 4.82.